The molecule has 0 bridgehead atoms. The minimum absolute atomic E-state index is 0.670. The van der Waals surface area contributed by atoms with E-state index < -0.39 is 0 Å². The zero-order chi connectivity index (χ0) is 9.42. The Morgan fingerprint density at radius 1 is 1.54 bits per heavy atom. The predicted octanol–water partition coefficient (Wildman–Crippen LogP) is 2.88. The fraction of sp³-hybridized carbons (Fsp3) is 0.583. The van der Waals surface area contributed by atoms with Crippen LogP contribution in [-0.2, 0) is 4.79 Å². The molecule has 0 heterocycles. The molecule has 0 spiro atoms. The highest BCUT2D eigenvalue weighted by molar-refractivity contribution is 5.77. The van der Waals surface area contributed by atoms with Crippen LogP contribution in [0.25, 0.3) is 0 Å². The van der Waals surface area contributed by atoms with E-state index in [0.29, 0.717) is 11.8 Å². The average Bonchev–Trinajstić information content (AvgIpc) is 2.42. The molecule has 70 valence electrons. The van der Waals surface area contributed by atoms with Gasteiger partial charge in [0.25, 0.3) is 0 Å². The van der Waals surface area contributed by atoms with E-state index in [9.17, 15) is 4.79 Å². The maximum absolute atomic E-state index is 10.8. The molecule has 0 radical (unpaired) electrons. The lowest BCUT2D eigenvalue weighted by atomic mass is 9.82. The van der Waals surface area contributed by atoms with Crippen molar-refractivity contribution >= 4 is 6.29 Å². The summed E-state index contributed by atoms with van der Waals surface area (Å²) in [5.41, 5.74) is 3.82. The normalized spacial score (nSPS) is 32.9. The highest BCUT2D eigenvalue weighted by atomic mass is 16.1. The summed E-state index contributed by atoms with van der Waals surface area (Å²) in [4.78, 5) is 10.8. The van der Waals surface area contributed by atoms with Gasteiger partial charge in [0.1, 0.15) is 6.29 Å². The van der Waals surface area contributed by atoms with E-state index >= 15 is 0 Å². The van der Waals surface area contributed by atoms with Crippen LogP contribution in [0.2, 0.25) is 0 Å². The molecule has 0 amide bonds. The van der Waals surface area contributed by atoms with Crippen LogP contribution < -0.4 is 0 Å². The Kier molecular flexibility index (Phi) is 2.10. The van der Waals surface area contributed by atoms with Gasteiger partial charge >= 0.3 is 0 Å². The largest absolute Gasteiger partial charge is 0.298 e. The fourth-order valence-corrected chi connectivity index (χ4v) is 2.63. The first-order valence-electron chi connectivity index (χ1n) is 5.07. The van der Waals surface area contributed by atoms with E-state index in [-0.39, 0.29) is 0 Å². The van der Waals surface area contributed by atoms with Crippen molar-refractivity contribution in [2.75, 3.05) is 0 Å². The van der Waals surface area contributed by atoms with Crippen molar-refractivity contribution in [2.24, 2.45) is 11.8 Å². The molecule has 0 fully saturated rings. The summed E-state index contributed by atoms with van der Waals surface area (Å²) in [7, 11) is 0. The molecule has 0 aromatic heterocycles. The molecular formula is C12H16O. The van der Waals surface area contributed by atoms with Crippen molar-refractivity contribution in [3.8, 4) is 0 Å². The van der Waals surface area contributed by atoms with Crippen molar-refractivity contribution in [2.45, 2.75) is 33.1 Å². The van der Waals surface area contributed by atoms with Crippen LogP contribution in [0.5, 0.6) is 0 Å². The molecule has 13 heavy (non-hydrogen) atoms. The highest BCUT2D eigenvalue weighted by Gasteiger charge is 2.31. The lowest BCUT2D eigenvalue weighted by Gasteiger charge is -2.22. The first-order valence-corrected chi connectivity index (χ1v) is 5.07. The SMILES string of the molecule is CC1=CC2=C(C=O)C[C@H](C)[C@H]2CC1. The quantitative estimate of drug-likeness (QED) is 0.561. The number of rotatable bonds is 1. The van der Waals surface area contributed by atoms with Gasteiger partial charge in [0, 0.05) is 0 Å². The van der Waals surface area contributed by atoms with Gasteiger partial charge in [-0.3, -0.25) is 4.79 Å². The van der Waals surface area contributed by atoms with Gasteiger partial charge in [0.2, 0.25) is 0 Å². The van der Waals surface area contributed by atoms with E-state index in [1.807, 2.05) is 0 Å². The number of allylic oxidation sites excluding steroid dienone is 4. The van der Waals surface area contributed by atoms with E-state index in [1.165, 1.54) is 24.0 Å². The fourth-order valence-electron chi connectivity index (χ4n) is 2.63. The molecule has 0 saturated heterocycles. The van der Waals surface area contributed by atoms with Crippen LogP contribution in [-0.4, -0.2) is 6.29 Å². The minimum atomic E-state index is 0.670. The number of hydrogen-bond donors (Lipinski definition) is 0. The van der Waals surface area contributed by atoms with Gasteiger partial charge in [-0.15, -0.1) is 0 Å². The zero-order valence-electron chi connectivity index (χ0n) is 8.34. The Hall–Kier alpha value is -0.850. The van der Waals surface area contributed by atoms with Gasteiger partial charge in [-0.25, -0.2) is 0 Å². The van der Waals surface area contributed by atoms with Crippen LogP contribution in [0, 0.1) is 11.8 Å². The molecule has 0 unspecified atom stereocenters. The first-order chi connectivity index (χ1) is 6.22. The lowest BCUT2D eigenvalue weighted by Crippen LogP contribution is -2.11. The number of carbonyl (C=O) groups is 1. The Morgan fingerprint density at radius 2 is 2.31 bits per heavy atom. The third-order valence-corrected chi connectivity index (χ3v) is 3.39. The molecule has 1 nitrogen and oxygen atoms in total. The number of hydrogen-bond acceptors (Lipinski definition) is 1. The van der Waals surface area contributed by atoms with Crippen molar-refractivity contribution in [3.63, 3.8) is 0 Å². The standard InChI is InChI=1S/C12H16O/c1-8-3-4-11-9(2)6-10(7-13)12(11)5-8/h5,7,9,11H,3-4,6H2,1-2H3/t9-,11+/m0/s1. The van der Waals surface area contributed by atoms with Crippen molar-refractivity contribution in [3.05, 3.63) is 22.8 Å². The summed E-state index contributed by atoms with van der Waals surface area (Å²) in [6.45, 7) is 4.42. The number of aldehydes is 1. The summed E-state index contributed by atoms with van der Waals surface area (Å²) < 4.78 is 0. The summed E-state index contributed by atoms with van der Waals surface area (Å²) in [5, 5.41) is 0. The highest BCUT2D eigenvalue weighted by Crippen LogP contribution is 2.43. The Balaban J connectivity index is 2.39. The topological polar surface area (TPSA) is 17.1 Å². The Labute approximate surface area is 79.5 Å². The van der Waals surface area contributed by atoms with Crippen LogP contribution in [0.4, 0.5) is 0 Å². The van der Waals surface area contributed by atoms with Gasteiger partial charge in [0.05, 0.1) is 0 Å². The summed E-state index contributed by atoms with van der Waals surface area (Å²) in [5.74, 6) is 1.35. The zero-order valence-corrected chi connectivity index (χ0v) is 8.34. The average molecular weight is 176 g/mol. The summed E-state index contributed by atoms with van der Waals surface area (Å²) >= 11 is 0. The van der Waals surface area contributed by atoms with Gasteiger partial charge < -0.3 is 0 Å². The van der Waals surface area contributed by atoms with E-state index in [4.69, 9.17) is 0 Å². The lowest BCUT2D eigenvalue weighted by molar-refractivity contribution is -0.105. The summed E-state index contributed by atoms with van der Waals surface area (Å²) in [6.07, 6.45) is 6.75. The molecule has 2 aliphatic rings. The Morgan fingerprint density at radius 3 is 3.00 bits per heavy atom. The second-order valence-electron chi connectivity index (χ2n) is 4.42. The minimum Gasteiger partial charge on any atom is -0.298 e. The van der Waals surface area contributed by atoms with Gasteiger partial charge in [-0.2, -0.15) is 0 Å². The molecule has 0 aromatic carbocycles. The molecule has 0 N–H and O–H groups in total. The van der Waals surface area contributed by atoms with Crippen molar-refractivity contribution in [1.82, 2.24) is 0 Å². The van der Waals surface area contributed by atoms with Gasteiger partial charge in [0.15, 0.2) is 0 Å². The maximum Gasteiger partial charge on any atom is 0.146 e. The van der Waals surface area contributed by atoms with Crippen LogP contribution in [0.15, 0.2) is 22.8 Å². The second kappa shape index (κ2) is 3.13. The molecule has 2 atom stereocenters. The van der Waals surface area contributed by atoms with Crippen molar-refractivity contribution in [1.29, 1.82) is 0 Å². The molecular weight excluding hydrogens is 160 g/mol. The third-order valence-electron chi connectivity index (χ3n) is 3.39. The smallest absolute Gasteiger partial charge is 0.146 e. The van der Waals surface area contributed by atoms with Crippen LogP contribution in [0.3, 0.4) is 0 Å². The van der Waals surface area contributed by atoms with Crippen LogP contribution >= 0.6 is 0 Å². The van der Waals surface area contributed by atoms with Crippen LogP contribution in [0.1, 0.15) is 33.1 Å². The molecule has 0 saturated carbocycles. The molecule has 1 heteroatoms. The van der Waals surface area contributed by atoms with E-state index in [2.05, 4.69) is 19.9 Å². The number of carbonyl (C=O) groups excluding carboxylic acids is 1. The predicted molar refractivity (Wildman–Crippen MR) is 53.4 cm³/mol. The molecule has 0 aliphatic heterocycles. The van der Waals surface area contributed by atoms with Gasteiger partial charge in [-0.05, 0) is 49.2 Å². The molecule has 2 aliphatic carbocycles. The maximum atomic E-state index is 10.8. The van der Waals surface area contributed by atoms with E-state index in [0.717, 1.165) is 18.3 Å². The second-order valence-corrected chi connectivity index (χ2v) is 4.42. The monoisotopic (exact) mass is 176 g/mol. The summed E-state index contributed by atoms with van der Waals surface area (Å²) in [6, 6.07) is 0. The first kappa shape index (κ1) is 8.74. The third kappa shape index (κ3) is 1.37. The van der Waals surface area contributed by atoms with Crippen molar-refractivity contribution < 1.29 is 4.79 Å². The number of fused-ring (bicyclic) bond motifs is 1. The molecule has 2 rings (SSSR count). The van der Waals surface area contributed by atoms with Gasteiger partial charge in [-0.1, -0.05) is 18.6 Å². The molecule has 0 aromatic rings. The Bertz CT molecular complexity index is 296. The van der Waals surface area contributed by atoms with E-state index in [1.54, 1.807) is 0 Å².